The van der Waals surface area contributed by atoms with E-state index in [1.165, 1.54) is 6.42 Å². The lowest BCUT2D eigenvalue weighted by molar-refractivity contribution is -0.120. The number of nitrogens with zero attached hydrogens (tertiary/aromatic N) is 2. The van der Waals surface area contributed by atoms with E-state index in [1.807, 2.05) is 36.4 Å². The van der Waals surface area contributed by atoms with Crippen molar-refractivity contribution in [2.45, 2.75) is 32.1 Å². The van der Waals surface area contributed by atoms with E-state index in [9.17, 15) is 4.79 Å². The number of carbonyl (C=O) groups is 1. The fraction of sp³-hybridized carbons (Fsp3) is 0.316. The Balaban J connectivity index is 1.48. The first-order chi connectivity index (χ1) is 11.8. The molecule has 5 nitrogen and oxygen atoms in total. The molecule has 1 N–H and O–H groups in total. The molecule has 1 aromatic carbocycles. The average Bonchev–Trinajstić information content (AvgIpc) is 3.07. The van der Waals surface area contributed by atoms with E-state index in [0.29, 0.717) is 17.1 Å². The number of carbonyl (C=O) groups excluding carboxylic acids is 1. The predicted octanol–water partition coefficient (Wildman–Crippen LogP) is 4.41. The molecule has 1 amide bonds. The summed E-state index contributed by atoms with van der Waals surface area (Å²) in [5, 5.41) is 3.01. The highest BCUT2D eigenvalue weighted by atomic mass is 16.3. The molecule has 1 saturated carbocycles. The lowest BCUT2D eigenvalue weighted by Gasteiger charge is -2.20. The minimum absolute atomic E-state index is 0.133. The van der Waals surface area contributed by atoms with E-state index < -0.39 is 0 Å². The summed E-state index contributed by atoms with van der Waals surface area (Å²) in [6.07, 6.45) is 7.25. The van der Waals surface area contributed by atoms with Crippen molar-refractivity contribution in [1.82, 2.24) is 9.97 Å². The molecule has 0 atom stereocenters. The van der Waals surface area contributed by atoms with Crippen LogP contribution < -0.4 is 5.32 Å². The Kier molecular flexibility index (Phi) is 3.99. The number of rotatable bonds is 3. The number of hydrogen-bond donors (Lipinski definition) is 1. The van der Waals surface area contributed by atoms with Gasteiger partial charge in [0, 0.05) is 23.4 Å². The molecule has 1 fully saturated rings. The van der Waals surface area contributed by atoms with Gasteiger partial charge in [-0.2, -0.15) is 4.98 Å². The molecule has 0 bridgehead atoms. The third-order valence-corrected chi connectivity index (χ3v) is 4.54. The van der Waals surface area contributed by atoms with Crippen LogP contribution in [0.2, 0.25) is 0 Å². The van der Waals surface area contributed by atoms with Crippen molar-refractivity contribution in [1.29, 1.82) is 0 Å². The zero-order chi connectivity index (χ0) is 16.4. The van der Waals surface area contributed by atoms with Gasteiger partial charge >= 0.3 is 0 Å². The van der Waals surface area contributed by atoms with Gasteiger partial charge in [0.05, 0.1) is 0 Å². The van der Waals surface area contributed by atoms with Crippen LogP contribution >= 0.6 is 0 Å². The molecule has 1 aliphatic rings. The molecule has 2 aromatic heterocycles. The van der Waals surface area contributed by atoms with Gasteiger partial charge in [0.25, 0.3) is 0 Å². The fourth-order valence-corrected chi connectivity index (χ4v) is 3.20. The SMILES string of the molecule is O=C(Nc1ccc(-c2nc3ncccc3o2)cc1)C1CCCCC1. The molecule has 5 heteroatoms. The predicted molar refractivity (Wildman–Crippen MR) is 92.4 cm³/mol. The molecule has 0 aliphatic heterocycles. The summed E-state index contributed by atoms with van der Waals surface area (Å²) in [5.41, 5.74) is 2.94. The Morgan fingerprint density at radius 3 is 2.62 bits per heavy atom. The molecular formula is C19H19N3O2. The lowest BCUT2D eigenvalue weighted by atomic mass is 9.88. The van der Waals surface area contributed by atoms with Gasteiger partial charge in [-0.15, -0.1) is 0 Å². The summed E-state index contributed by atoms with van der Waals surface area (Å²) < 4.78 is 5.71. The van der Waals surface area contributed by atoms with E-state index in [2.05, 4.69) is 15.3 Å². The van der Waals surface area contributed by atoms with Crippen LogP contribution in [-0.2, 0) is 4.79 Å². The van der Waals surface area contributed by atoms with E-state index >= 15 is 0 Å². The van der Waals surface area contributed by atoms with Crippen LogP contribution in [0.5, 0.6) is 0 Å². The number of nitrogens with one attached hydrogen (secondary N) is 1. The van der Waals surface area contributed by atoms with Crippen molar-refractivity contribution < 1.29 is 9.21 Å². The first kappa shape index (κ1) is 14.9. The second kappa shape index (κ2) is 6.43. The highest BCUT2D eigenvalue weighted by molar-refractivity contribution is 5.92. The number of amides is 1. The van der Waals surface area contributed by atoms with Crippen LogP contribution in [0.15, 0.2) is 47.0 Å². The third-order valence-electron chi connectivity index (χ3n) is 4.54. The third kappa shape index (κ3) is 3.02. The monoisotopic (exact) mass is 321 g/mol. The van der Waals surface area contributed by atoms with Crippen molar-refractivity contribution in [3.05, 3.63) is 42.6 Å². The maximum absolute atomic E-state index is 12.3. The summed E-state index contributed by atoms with van der Waals surface area (Å²) in [5.74, 6) is 0.823. The highest BCUT2D eigenvalue weighted by Gasteiger charge is 2.21. The largest absolute Gasteiger partial charge is 0.434 e. The van der Waals surface area contributed by atoms with Crippen LogP contribution in [0.25, 0.3) is 22.7 Å². The normalized spacial score (nSPS) is 15.5. The smallest absolute Gasteiger partial charge is 0.228 e. The average molecular weight is 321 g/mol. The number of fused-ring (bicyclic) bond motifs is 1. The number of aromatic nitrogens is 2. The van der Waals surface area contributed by atoms with E-state index in [-0.39, 0.29) is 11.8 Å². The minimum atomic E-state index is 0.133. The molecule has 4 rings (SSSR count). The Hall–Kier alpha value is -2.69. The van der Waals surface area contributed by atoms with Crippen LogP contribution in [0.3, 0.4) is 0 Å². The zero-order valence-corrected chi connectivity index (χ0v) is 13.4. The quantitative estimate of drug-likeness (QED) is 0.776. The van der Waals surface area contributed by atoms with E-state index in [0.717, 1.165) is 36.9 Å². The molecule has 122 valence electrons. The van der Waals surface area contributed by atoms with Crippen molar-refractivity contribution in [3.63, 3.8) is 0 Å². The van der Waals surface area contributed by atoms with Crippen molar-refractivity contribution >= 4 is 22.8 Å². The second-order valence-electron chi connectivity index (χ2n) is 6.25. The Morgan fingerprint density at radius 2 is 1.88 bits per heavy atom. The summed E-state index contributed by atoms with van der Waals surface area (Å²) in [7, 11) is 0. The van der Waals surface area contributed by atoms with Gasteiger partial charge in [0.1, 0.15) is 0 Å². The summed E-state index contributed by atoms with van der Waals surface area (Å²) in [6, 6.07) is 11.2. The lowest BCUT2D eigenvalue weighted by Crippen LogP contribution is -2.24. The van der Waals surface area contributed by atoms with Crippen LogP contribution in [-0.4, -0.2) is 15.9 Å². The zero-order valence-electron chi connectivity index (χ0n) is 13.4. The van der Waals surface area contributed by atoms with E-state index in [4.69, 9.17) is 4.42 Å². The molecule has 1 aliphatic carbocycles. The van der Waals surface area contributed by atoms with Crippen LogP contribution in [0.1, 0.15) is 32.1 Å². The Bertz CT molecular complexity index is 815. The number of anilines is 1. The Labute approximate surface area is 140 Å². The summed E-state index contributed by atoms with van der Waals surface area (Å²) in [6.45, 7) is 0. The first-order valence-corrected chi connectivity index (χ1v) is 8.42. The van der Waals surface area contributed by atoms with Crippen molar-refractivity contribution in [2.75, 3.05) is 5.32 Å². The molecule has 0 saturated heterocycles. The standard InChI is InChI=1S/C19H19N3O2/c23-18(13-5-2-1-3-6-13)21-15-10-8-14(9-11-15)19-22-17-16(24-19)7-4-12-20-17/h4,7-13H,1-3,5-6H2,(H,21,23). The fourth-order valence-electron chi connectivity index (χ4n) is 3.20. The Morgan fingerprint density at radius 1 is 1.08 bits per heavy atom. The summed E-state index contributed by atoms with van der Waals surface area (Å²) in [4.78, 5) is 20.8. The highest BCUT2D eigenvalue weighted by Crippen LogP contribution is 2.27. The maximum atomic E-state index is 12.3. The van der Waals surface area contributed by atoms with Gasteiger partial charge in [0.2, 0.25) is 11.8 Å². The molecule has 2 heterocycles. The molecule has 3 aromatic rings. The van der Waals surface area contributed by atoms with Gasteiger partial charge in [-0.25, -0.2) is 4.98 Å². The van der Waals surface area contributed by atoms with Crippen molar-refractivity contribution in [2.24, 2.45) is 5.92 Å². The maximum Gasteiger partial charge on any atom is 0.228 e. The topological polar surface area (TPSA) is 68.0 Å². The van der Waals surface area contributed by atoms with Crippen molar-refractivity contribution in [3.8, 4) is 11.5 Å². The van der Waals surface area contributed by atoms with E-state index in [1.54, 1.807) is 6.20 Å². The number of pyridine rings is 1. The molecule has 0 spiro atoms. The van der Waals surface area contributed by atoms with Gasteiger partial charge in [0.15, 0.2) is 11.2 Å². The molecule has 0 unspecified atom stereocenters. The molecule has 0 radical (unpaired) electrons. The van der Waals surface area contributed by atoms with Gasteiger partial charge in [-0.1, -0.05) is 19.3 Å². The molecular weight excluding hydrogens is 302 g/mol. The summed E-state index contributed by atoms with van der Waals surface area (Å²) >= 11 is 0. The first-order valence-electron chi connectivity index (χ1n) is 8.42. The van der Waals surface area contributed by atoms with Gasteiger partial charge in [-0.05, 0) is 49.2 Å². The van der Waals surface area contributed by atoms with Crippen LogP contribution in [0, 0.1) is 5.92 Å². The number of benzene rings is 1. The van der Waals surface area contributed by atoms with Gasteiger partial charge < -0.3 is 9.73 Å². The molecule has 24 heavy (non-hydrogen) atoms. The second-order valence-corrected chi connectivity index (χ2v) is 6.25. The number of oxazole rings is 1. The number of hydrogen-bond acceptors (Lipinski definition) is 4. The van der Waals surface area contributed by atoms with Crippen LogP contribution in [0.4, 0.5) is 5.69 Å². The van der Waals surface area contributed by atoms with Gasteiger partial charge in [-0.3, -0.25) is 4.79 Å². The minimum Gasteiger partial charge on any atom is -0.434 e.